The Balaban J connectivity index is 2.03. The van der Waals surface area contributed by atoms with Gasteiger partial charge in [-0.1, -0.05) is 0 Å². The van der Waals surface area contributed by atoms with Crippen molar-refractivity contribution in [3.05, 3.63) is 23.9 Å². The molecule has 16 heavy (non-hydrogen) atoms. The number of aromatic nitrogens is 1. The van der Waals surface area contributed by atoms with E-state index in [1.807, 2.05) is 6.07 Å². The minimum Gasteiger partial charge on any atom is -0.366 e. The van der Waals surface area contributed by atoms with Crippen LogP contribution in [-0.2, 0) is 9.84 Å². The highest BCUT2D eigenvalue weighted by atomic mass is 32.2. The summed E-state index contributed by atoms with van der Waals surface area (Å²) in [6.45, 7) is 0. The number of nitriles is 1. The van der Waals surface area contributed by atoms with E-state index in [9.17, 15) is 8.42 Å². The molecule has 1 aromatic heterocycles. The molecule has 1 unspecified atom stereocenters. The number of hydrogen-bond acceptors (Lipinski definition) is 5. The van der Waals surface area contributed by atoms with Crippen molar-refractivity contribution < 1.29 is 8.42 Å². The van der Waals surface area contributed by atoms with Gasteiger partial charge in [0, 0.05) is 12.2 Å². The summed E-state index contributed by atoms with van der Waals surface area (Å²) in [7, 11) is -2.87. The number of hydrogen-bond donors (Lipinski definition) is 1. The van der Waals surface area contributed by atoms with Crippen molar-refractivity contribution in [3.8, 4) is 6.07 Å². The van der Waals surface area contributed by atoms with Gasteiger partial charge in [0.25, 0.3) is 0 Å². The van der Waals surface area contributed by atoms with Gasteiger partial charge in [0.2, 0.25) is 0 Å². The van der Waals surface area contributed by atoms with E-state index in [0.29, 0.717) is 17.8 Å². The maximum absolute atomic E-state index is 11.2. The van der Waals surface area contributed by atoms with Crippen LogP contribution < -0.4 is 5.32 Å². The molecule has 2 heterocycles. The van der Waals surface area contributed by atoms with Crippen LogP contribution in [-0.4, -0.2) is 30.9 Å². The second-order valence-corrected chi connectivity index (χ2v) is 6.02. The van der Waals surface area contributed by atoms with Crippen LogP contribution in [0.4, 0.5) is 5.82 Å². The van der Waals surface area contributed by atoms with E-state index >= 15 is 0 Å². The Hall–Kier alpha value is -1.61. The van der Waals surface area contributed by atoms with Gasteiger partial charge in [-0.15, -0.1) is 0 Å². The fourth-order valence-corrected chi connectivity index (χ4v) is 3.34. The summed E-state index contributed by atoms with van der Waals surface area (Å²) >= 11 is 0. The molecule has 1 aromatic rings. The predicted molar refractivity (Wildman–Crippen MR) is 59.6 cm³/mol. The van der Waals surface area contributed by atoms with E-state index in [1.54, 1.807) is 12.1 Å². The first-order valence-corrected chi connectivity index (χ1v) is 6.74. The first kappa shape index (κ1) is 10.9. The summed E-state index contributed by atoms with van der Waals surface area (Å²) in [5.41, 5.74) is 0.490. The van der Waals surface area contributed by atoms with Crippen LogP contribution >= 0.6 is 0 Å². The maximum atomic E-state index is 11.2. The Morgan fingerprint density at radius 3 is 2.81 bits per heavy atom. The molecular weight excluding hydrogens is 226 g/mol. The second kappa shape index (κ2) is 4.10. The van der Waals surface area contributed by atoms with Crippen molar-refractivity contribution >= 4 is 15.7 Å². The number of nitrogens with one attached hydrogen (secondary N) is 1. The molecule has 1 fully saturated rings. The molecule has 1 aliphatic rings. The van der Waals surface area contributed by atoms with E-state index in [0.717, 1.165) is 0 Å². The summed E-state index contributed by atoms with van der Waals surface area (Å²) in [6, 6.07) is 5.25. The minimum absolute atomic E-state index is 0.0644. The third-order valence-corrected chi connectivity index (χ3v) is 4.24. The fourth-order valence-electron chi connectivity index (χ4n) is 1.66. The molecule has 0 saturated carbocycles. The molecule has 0 aliphatic carbocycles. The third kappa shape index (κ3) is 2.49. The number of rotatable bonds is 2. The van der Waals surface area contributed by atoms with E-state index < -0.39 is 9.84 Å². The molecule has 0 aromatic carbocycles. The average Bonchev–Trinajstić information content (AvgIpc) is 2.59. The Bertz CT molecular complexity index is 516. The smallest absolute Gasteiger partial charge is 0.152 e. The molecule has 5 nitrogen and oxygen atoms in total. The largest absolute Gasteiger partial charge is 0.366 e. The normalized spacial score (nSPS) is 22.6. The van der Waals surface area contributed by atoms with Gasteiger partial charge in [0.05, 0.1) is 17.1 Å². The van der Waals surface area contributed by atoms with Gasteiger partial charge in [-0.2, -0.15) is 5.26 Å². The summed E-state index contributed by atoms with van der Waals surface area (Å²) in [6.07, 6.45) is 2.08. The number of anilines is 1. The lowest BCUT2D eigenvalue weighted by atomic mass is 10.2. The van der Waals surface area contributed by atoms with Crippen molar-refractivity contribution in [3.63, 3.8) is 0 Å². The zero-order valence-electron chi connectivity index (χ0n) is 8.55. The first-order chi connectivity index (χ1) is 7.59. The highest BCUT2D eigenvalue weighted by Crippen LogP contribution is 2.16. The quantitative estimate of drug-likeness (QED) is 0.812. The van der Waals surface area contributed by atoms with Crippen molar-refractivity contribution in [2.24, 2.45) is 0 Å². The Morgan fingerprint density at radius 1 is 1.50 bits per heavy atom. The highest BCUT2D eigenvalue weighted by Gasteiger charge is 2.27. The highest BCUT2D eigenvalue weighted by molar-refractivity contribution is 7.91. The van der Waals surface area contributed by atoms with Gasteiger partial charge in [-0.25, -0.2) is 13.4 Å². The minimum atomic E-state index is -2.87. The van der Waals surface area contributed by atoms with E-state index in [-0.39, 0.29) is 17.5 Å². The van der Waals surface area contributed by atoms with Gasteiger partial charge < -0.3 is 5.32 Å². The Labute approximate surface area is 94.0 Å². The number of pyridine rings is 1. The molecule has 84 valence electrons. The average molecular weight is 237 g/mol. The third-order valence-electron chi connectivity index (χ3n) is 2.48. The van der Waals surface area contributed by atoms with Crippen LogP contribution in [0, 0.1) is 11.3 Å². The SMILES string of the molecule is N#Cc1ccc(NC2CCS(=O)(=O)C2)nc1. The molecule has 1 atom stereocenters. The van der Waals surface area contributed by atoms with Crippen LogP contribution in [0.1, 0.15) is 12.0 Å². The molecular formula is C10H11N3O2S. The lowest BCUT2D eigenvalue weighted by molar-refractivity contribution is 0.602. The zero-order chi connectivity index (χ0) is 11.6. The molecule has 2 rings (SSSR count). The van der Waals surface area contributed by atoms with E-state index in [1.165, 1.54) is 6.20 Å². The van der Waals surface area contributed by atoms with Gasteiger partial charge in [0.1, 0.15) is 11.9 Å². The summed E-state index contributed by atoms with van der Waals surface area (Å²) < 4.78 is 22.5. The van der Waals surface area contributed by atoms with Gasteiger partial charge in [-0.05, 0) is 18.6 Å². The standard InChI is InChI=1S/C10H11N3O2S/c11-5-8-1-2-10(12-6-8)13-9-3-4-16(14,15)7-9/h1-2,6,9H,3-4,7H2,(H,12,13). The van der Waals surface area contributed by atoms with E-state index in [4.69, 9.17) is 5.26 Å². The molecule has 0 spiro atoms. The summed E-state index contributed by atoms with van der Waals surface area (Å²) in [5.74, 6) is 1.01. The van der Waals surface area contributed by atoms with Crippen LogP contribution in [0.25, 0.3) is 0 Å². The van der Waals surface area contributed by atoms with Crippen molar-refractivity contribution in [2.45, 2.75) is 12.5 Å². The first-order valence-electron chi connectivity index (χ1n) is 4.92. The van der Waals surface area contributed by atoms with Crippen LogP contribution in [0.3, 0.4) is 0 Å². The maximum Gasteiger partial charge on any atom is 0.152 e. The molecule has 0 bridgehead atoms. The predicted octanol–water partition coefficient (Wildman–Crippen LogP) is 0.552. The monoisotopic (exact) mass is 237 g/mol. The molecule has 1 aliphatic heterocycles. The van der Waals surface area contributed by atoms with Crippen molar-refractivity contribution in [2.75, 3.05) is 16.8 Å². The van der Waals surface area contributed by atoms with Gasteiger partial charge >= 0.3 is 0 Å². The number of nitrogens with zero attached hydrogens (tertiary/aromatic N) is 2. The zero-order valence-corrected chi connectivity index (χ0v) is 9.37. The van der Waals surface area contributed by atoms with Gasteiger partial charge in [0.15, 0.2) is 9.84 Å². The topological polar surface area (TPSA) is 82.9 Å². The Morgan fingerprint density at radius 2 is 2.31 bits per heavy atom. The number of sulfone groups is 1. The molecule has 0 amide bonds. The second-order valence-electron chi connectivity index (χ2n) is 3.79. The van der Waals surface area contributed by atoms with Crippen LogP contribution in [0.15, 0.2) is 18.3 Å². The molecule has 6 heteroatoms. The molecule has 1 N–H and O–H groups in total. The molecule has 0 radical (unpaired) electrons. The van der Waals surface area contributed by atoms with Crippen molar-refractivity contribution in [1.29, 1.82) is 5.26 Å². The Kier molecular flexibility index (Phi) is 2.79. The lowest BCUT2D eigenvalue weighted by Gasteiger charge is -2.10. The lowest BCUT2D eigenvalue weighted by Crippen LogP contribution is -2.21. The van der Waals surface area contributed by atoms with E-state index in [2.05, 4.69) is 10.3 Å². The van der Waals surface area contributed by atoms with Crippen molar-refractivity contribution in [1.82, 2.24) is 4.98 Å². The summed E-state index contributed by atoms with van der Waals surface area (Å²) in [4.78, 5) is 4.03. The van der Waals surface area contributed by atoms with Crippen LogP contribution in [0.5, 0.6) is 0 Å². The van der Waals surface area contributed by atoms with Crippen LogP contribution in [0.2, 0.25) is 0 Å². The summed E-state index contributed by atoms with van der Waals surface area (Å²) in [5, 5.41) is 11.6. The van der Waals surface area contributed by atoms with Gasteiger partial charge in [-0.3, -0.25) is 0 Å². The molecule has 1 saturated heterocycles. The fraction of sp³-hybridized carbons (Fsp3) is 0.400.